The van der Waals surface area contributed by atoms with Gasteiger partial charge < -0.3 is 50.4 Å². The first-order valence-electron chi connectivity index (χ1n) is 12.6. The molecule has 253 valence electrons. The van der Waals surface area contributed by atoms with Gasteiger partial charge in [-0.3, -0.25) is 9.98 Å². The van der Waals surface area contributed by atoms with Crippen LogP contribution in [0.3, 0.4) is 0 Å². The summed E-state index contributed by atoms with van der Waals surface area (Å²) in [4.78, 5) is 35.8. The molecule has 0 atom stereocenters. The minimum atomic E-state index is -1.08. The Morgan fingerprint density at radius 3 is 2.11 bits per heavy atom. The summed E-state index contributed by atoms with van der Waals surface area (Å²) in [6, 6.07) is 9.81. The summed E-state index contributed by atoms with van der Waals surface area (Å²) in [5, 5.41) is 53.1. The number of nitrogens with one attached hydrogen (secondary N) is 1. The van der Waals surface area contributed by atoms with Crippen LogP contribution in [0, 0.1) is 6.92 Å². The second-order valence-electron chi connectivity index (χ2n) is 8.07. The van der Waals surface area contributed by atoms with Gasteiger partial charge in [0.05, 0.1) is 12.0 Å². The number of aromatic amines is 1. The van der Waals surface area contributed by atoms with E-state index in [2.05, 4.69) is 37.1 Å². The van der Waals surface area contributed by atoms with Crippen LogP contribution in [-0.4, -0.2) is 87.7 Å². The van der Waals surface area contributed by atoms with Gasteiger partial charge in [-0.05, 0) is 51.1 Å². The zero-order valence-corrected chi connectivity index (χ0v) is 28.7. The van der Waals surface area contributed by atoms with Crippen LogP contribution in [0.2, 0.25) is 0 Å². The van der Waals surface area contributed by atoms with Gasteiger partial charge in [-0.15, -0.1) is 0 Å². The van der Waals surface area contributed by atoms with Gasteiger partial charge in [0.2, 0.25) is 0 Å². The molecular weight excluding hydrogens is 694 g/mol. The van der Waals surface area contributed by atoms with Crippen molar-refractivity contribution >= 4 is 35.5 Å². The number of aromatic nitrogens is 3. The van der Waals surface area contributed by atoms with Gasteiger partial charge in [-0.1, -0.05) is 41.7 Å². The molecule has 3 N–H and O–H groups in total. The molecule has 1 aromatic carbocycles. The molecule has 2 aromatic heterocycles. The number of pyridine rings is 1. The number of aliphatic hydroxyl groups is 2. The van der Waals surface area contributed by atoms with E-state index in [0.29, 0.717) is 18.7 Å². The molecule has 45 heavy (non-hydrogen) atoms. The molecule has 13 nitrogen and oxygen atoms in total. The van der Waals surface area contributed by atoms with Gasteiger partial charge >= 0.3 is 33.0 Å². The standard InChI is InChI=1S/C22H27N5O.2C2H4O2.CNS.2CH4O.2Ni/c1-17-11-18(13-23-9-6-21-14-24-16-26-21)22(28)19(12-17)15-27(2)10-7-20-5-3-4-8-25-20;2*1-2(3)4;2-1-3;2*1-2;;/h3-5,8,11-14,16,28H,6-7,9-10,15H2,1-2H3,(H,24,26);2*1H3,(H,3,4);;2*2H,1H3;;/q;;;-1;;;+2;+3/p-3. The minimum Gasteiger partial charge on any atom is -0.872 e. The second kappa shape index (κ2) is 35.1. The largest absolute Gasteiger partial charge is 3.00 e. The summed E-state index contributed by atoms with van der Waals surface area (Å²) >= 11 is 3.70. The van der Waals surface area contributed by atoms with Crippen LogP contribution >= 0.6 is 12.2 Å². The van der Waals surface area contributed by atoms with Gasteiger partial charge in [0.15, 0.2) is 0 Å². The fourth-order valence-electron chi connectivity index (χ4n) is 3.08. The maximum absolute atomic E-state index is 12.8. The molecule has 3 rings (SSSR count). The van der Waals surface area contributed by atoms with E-state index < -0.39 is 11.9 Å². The molecule has 0 bridgehead atoms. The Balaban J connectivity index is -0.000000267. The zero-order valence-electron chi connectivity index (χ0n) is 25.9. The molecule has 0 saturated carbocycles. The minimum absolute atomic E-state index is 0. The van der Waals surface area contributed by atoms with E-state index in [9.17, 15) is 5.11 Å². The number of aliphatic imine (C=N–C) groups is 1. The average molecular weight is 734 g/mol. The molecule has 2 heterocycles. The predicted octanol–water partition coefficient (Wildman–Crippen LogP) is -0.0942. The van der Waals surface area contributed by atoms with Crippen LogP contribution in [-0.2, 0) is 62.0 Å². The quantitative estimate of drug-likeness (QED) is 0.150. The number of hydrogen-bond acceptors (Lipinski definition) is 12. The van der Waals surface area contributed by atoms with Gasteiger partial charge in [0.25, 0.3) is 0 Å². The van der Waals surface area contributed by atoms with E-state index in [1.165, 1.54) is 5.16 Å². The second-order valence-corrected chi connectivity index (χ2v) is 8.25. The summed E-state index contributed by atoms with van der Waals surface area (Å²) in [7, 11) is 4.03. The third-order valence-corrected chi connectivity index (χ3v) is 4.54. The van der Waals surface area contributed by atoms with Crippen molar-refractivity contribution < 1.29 is 68.1 Å². The Hall–Kier alpha value is -3.34. The first kappa shape index (κ1) is 51.2. The molecule has 0 spiro atoms. The number of aliphatic hydroxyl groups excluding tert-OH is 2. The Morgan fingerprint density at radius 1 is 1.09 bits per heavy atom. The molecule has 0 fully saturated rings. The van der Waals surface area contributed by atoms with Crippen molar-refractivity contribution in [3.63, 3.8) is 0 Å². The smallest absolute Gasteiger partial charge is 0.872 e. The Morgan fingerprint density at radius 2 is 1.64 bits per heavy atom. The fraction of sp³-hybridized carbons (Fsp3) is 0.379. The molecular formula is C29H40N6Ni2O7S+. The number of carboxylic acid groups (broad SMARTS) is 2. The summed E-state index contributed by atoms with van der Waals surface area (Å²) in [5.41, 5.74) is 4.55. The summed E-state index contributed by atoms with van der Waals surface area (Å²) in [6.07, 6.45) is 8.64. The van der Waals surface area contributed by atoms with Gasteiger partial charge in [0.1, 0.15) is 0 Å². The molecule has 16 heteroatoms. The number of benzene rings is 1. The van der Waals surface area contributed by atoms with E-state index in [4.69, 9.17) is 35.4 Å². The normalized spacial score (nSPS) is 8.73. The third kappa shape index (κ3) is 31.9. The number of likely N-dealkylation sites (N-methyl/N-ethyl adjacent to an activating group) is 1. The van der Waals surface area contributed by atoms with Crippen molar-refractivity contribution in [3.8, 4) is 5.75 Å². The zero-order chi connectivity index (χ0) is 33.6. The number of carbonyl (C=O) groups excluding carboxylic acids is 2. The van der Waals surface area contributed by atoms with Gasteiger partial charge in [-0.25, -0.2) is 4.98 Å². The number of aryl methyl sites for hydroxylation is 1. The van der Waals surface area contributed by atoms with Crippen molar-refractivity contribution in [2.45, 2.75) is 40.2 Å². The number of aliphatic carboxylic acids is 2. The Bertz CT molecular complexity index is 1180. The molecule has 0 saturated heterocycles. The average Bonchev–Trinajstić information content (AvgIpc) is 3.49. The fourth-order valence-corrected chi connectivity index (χ4v) is 3.08. The van der Waals surface area contributed by atoms with Crippen molar-refractivity contribution in [1.29, 1.82) is 0 Å². The molecule has 3 aromatic rings. The molecule has 0 aliphatic heterocycles. The van der Waals surface area contributed by atoms with E-state index in [1.807, 2.05) is 56.7 Å². The first-order chi connectivity index (χ1) is 20.5. The van der Waals surface area contributed by atoms with Crippen LogP contribution in [0.15, 0.2) is 54.0 Å². The maximum atomic E-state index is 12.8. The Kier molecular flexibility index (Phi) is 40.0. The van der Waals surface area contributed by atoms with Crippen LogP contribution in [0.25, 0.3) is 5.41 Å². The molecule has 0 amide bonds. The molecule has 0 aliphatic carbocycles. The number of H-pyrrole nitrogens is 1. The number of imidazole rings is 1. The van der Waals surface area contributed by atoms with Crippen molar-refractivity contribution in [1.82, 2.24) is 19.9 Å². The van der Waals surface area contributed by atoms with E-state index >= 15 is 0 Å². The summed E-state index contributed by atoms with van der Waals surface area (Å²) in [6.45, 7) is 6.02. The number of isothiocyanates is 1. The number of nitrogens with zero attached hydrogens (tertiary/aromatic N) is 5. The topological polar surface area (TPSA) is 223 Å². The number of carboxylic acids is 2. The van der Waals surface area contributed by atoms with Crippen molar-refractivity contribution in [2.75, 3.05) is 34.4 Å². The number of rotatable bonds is 9. The SMILES string of the molecule is CC(=O)[O-].CC(=O)[O-].CO.CO.Cc1cc(C=NCCc2c[nH]cn2)c([O-])c(CN(C)CCc2ccccn2)c1.[N-]=C=S.[Ni+2].[Ni+3]. The van der Waals surface area contributed by atoms with E-state index in [-0.39, 0.29) is 38.7 Å². The molecule has 0 unspecified atom stereocenters. The predicted molar refractivity (Wildman–Crippen MR) is 163 cm³/mol. The monoisotopic (exact) mass is 732 g/mol. The Labute approximate surface area is 290 Å². The summed E-state index contributed by atoms with van der Waals surface area (Å²) < 4.78 is 0. The van der Waals surface area contributed by atoms with E-state index in [0.717, 1.165) is 70.0 Å². The molecule has 1 radical (unpaired) electrons. The molecule has 0 aliphatic rings. The van der Waals surface area contributed by atoms with Crippen LogP contribution < -0.4 is 15.3 Å². The third-order valence-electron chi connectivity index (χ3n) is 4.54. The van der Waals surface area contributed by atoms with Gasteiger partial charge in [0, 0.05) is 82.9 Å². The maximum Gasteiger partial charge on any atom is 3.00 e. The van der Waals surface area contributed by atoms with Gasteiger partial charge in [-0.2, -0.15) is 5.16 Å². The number of thiocarbonyl (C=S) groups is 1. The first-order valence-corrected chi connectivity index (χ1v) is 13.0. The van der Waals surface area contributed by atoms with Crippen LogP contribution in [0.5, 0.6) is 5.75 Å². The van der Waals surface area contributed by atoms with Crippen LogP contribution in [0.4, 0.5) is 0 Å². The van der Waals surface area contributed by atoms with Crippen molar-refractivity contribution in [2.24, 2.45) is 4.99 Å². The van der Waals surface area contributed by atoms with Crippen molar-refractivity contribution in [3.05, 3.63) is 82.5 Å². The number of hydrogen-bond donors (Lipinski definition) is 3. The number of carbonyl (C=O) groups is 2. The summed E-state index contributed by atoms with van der Waals surface area (Å²) in [5.74, 6) is -2.11. The van der Waals surface area contributed by atoms with E-state index in [1.54, 1.807) is 12.5 Å². The van der Waals surface area contributed by atoms with Crippen LogP contribution in [0.1, 0.15) is 41.9 Å².